The van der Waals surface area contributed by atoms with Crippen LogP contribution >= 0.6 is 0 Å². The lowest BCUT2D eigenvalue weighted by Crippen LogP contribution is -2.05. The minimum atomic E-state index is -4.42. The maximum atomic E-state index is 12.6. The molecule has 0 radical (unpaired) electrons. The van der Waals surface area contributed by atoms with E-state index in [1.54, 1.807) is 6.07 Å². The quantitative estimate of drug-likeness (QED) is 0.827. The predicted molar refractivity (Wildman–Crippen MR) is 59.8 cm³/mol. The Bertz CT molecular complexity index is 581. The number of hydrogen-bond acceptors (Lipinski definition) is 3. The maximum Gasteiger partial charge on any atom is 0.417 e. The van der Waals surface area contributed by atoms with Gasteiger partial charge >= 0.3 is 6.18 Å². The van der Waals surface area contributed by atoms with Crippen molar-refractivity contribution in [2.45, 2.75) is 6.18 Å². The van der Waals surface area contributed by atoms with Crippen LogP contribution in [0, 0.1) is 0 Å². The highest BCUT2D eigenvalue weighted by molar-refractivity contribution is 5.87. The van der Waals surface area contributed by atoms with E-state index in [-0.39, 0.29) is 0 Å². The molecule has 2 aromatic rings. The number of methoxy groups -OCH3 is 2. The highest BCUT2D eigenvalue weighted by atomic mass is 19.4. The van der Waals surface area contributed by atoms with Gasteiger partial charge in [0.25, 0.3) is 0 Å². The first-order valence-corrected chi connectivity index (χ1v) is 5.04. The molecule has 1 heterocycles. The number of pyridine rings is 1. The third-order valence-electron chi connectivity index (χ3n) is 2.52. The van der Waals surface area contributed by atoms with Gasteiger partial charge in [-0.05, 0) is 6.07 Å². The molecule has 0 saturated carbocycles. The lowest BCUT2D eigenvalue weighted by atomic mass is 10.1. The molecule has 0 bridgehead atoms. The molecule has 18 heavy (non-hydrogen) atoms. The number of ether oxygens (including phenoxy) is 2. The zero-order valence-corrected chi connectivity index (χ0v) is 9.71. The van der Waals surface area contributed by atoms with Crippen molar-refractivity contribution in [2.24, 2.45) is 0 Å². The Morgan fingerprint density at radius 2 is 1.78 bits per heavy atom. The Morgan fingerprint density at radius 3 is 2.33 bits per heavy atom. The molecule has 0 N–H and O–H groups in total. The first kappa shape index (κ1) is 12.5. The van der Waals surface area contributed by atoms with E-state index in [4.69, 9.17) is 9.47 Å². The summed E-state index contributed by atoms with van der Waals surface area (Å²) >= 11 is 0. The second-order valence-electron chi connectivity index (χ2n) is 3.62. The molecule has 0 fully saturated rings. The molecule has 0 spiro atoms. The Morgan fingerprint density at radius 1 is 1.06 bits per heavy atom. The fourth-order valence-corrected chi connectivity index (χ4v) is 1.61. The Balaban J connectivity index is 2.69. The molecule has 0 aliphatic heterocycles. The van der Waals surface area contributed by atoms with Gasteiger partial charge in [0.2, 0.25) is 0 Å². The molecule has 0 unspecified atom stereocenters. The van der Waals surface area contributed by atoms with E-state index < -0.39 is 11.7 Å². The number of halogens is 3. The van der Waals surface area contributed by atoms with Crippen LogP contribution in [0.3, 0.4) is 0 Å². The zero-order valence-electron chi connectivity index (χ0n) is 9.71. The van der Waals surface area contributed by atoms with Gasteiger partial charge in [-0.3, -0.25) is 4.98 Å². The number of hydrogen-bond donors (Lipinski definition) is 0. The first-order valence-electron chi connectivity index (χ1n) is 5.04. The third kappa shape index (κ3) is 2.18. The molecule has 96 valence electrons. The number of rotatable bonds is 2. The van der Waals surface area contributed by atoms with Crippen molar-refractivity contribution in [1.29, 1.82) is 0 Å². The summed E-state index contributed by atoms with van der Waals surface area (Å²) in [7, 11) is 2.85. The minimum Gasteiger partial charge on any atom is -0.497 e. The summed E-state index contributed by atoms with van der Waals surface area (Å²) in [6, 6.07) is 4.09. The van der Waals surface area contributed by atoms with Crippen LogP contribution in [-0.4, -0.2) is 19.2 Å². The molecule has 0 amide bonds. The Labute approximate surface area is 101 Å². The predicted octanol–water partition coefficient (Wildman–Crippen LogP) is 3.27. The van der Waals surface area contributed by atoms with Crippen molar-refractivity contribution < 1.29 is 22.6 Å². The van der Waals surface area contributed by atoms with E-state index in [0.717, 1.165) is 12.3 Å². The summed E-state index contributed by atoms with van der Waals surface area (Å²) in [5.74, 6) is 0.773. The van der Waals surface area contributed by atoms with Crippen LogP contribution in [0.4, 0.5) is 13.2 Å². The van der Waals surface area contributed by atoms with Crippen molar-refractivity contribution in [2.75, 3.05) is 14.2 Å². The second-order valence-corrected chi connectivity index (χ2v) is 3.62. The summed E-state index contributed by atoms with van der Waals surface area (Å²) in [6.45, 7) is 0. The fourth-order valence-electron chi connectivity index (χ4n) is 1.61. The molecular formula is C12H10F3NO2. The summed E-state index contributed by atoms with van der Waals surface area (Å²) < 4.78 is 47.8. The molecule has 0 aliphatic carbocycles. The monoisotopic (exact) mass is 257 g/mol. The molecule has 0 atom stereocenters. The van der Waals surface area contributed by atoms with E-state index in [2.05, 4.69) is 4.98 Å². The van der Waals surface area contributed by atoms with Crippen molar-refractivity contribution >= 4 is 10.9 Å². The third-order valence-corrected chi connectivity index (χ3v) is 2.52. The van der Waals surface area contributed by atoms with Crippen molar-refractivity contribution in [3.63, 3.8) is 0 Å². The second kappa shape index (κ2) is 4.36. The number of benzene rings is 1. The van der Waals surface area contributed by atoms with Crippen LogP contribution in [-0.2, 0) is 6.18 Å². The summed E-state index contributed by atoms with van der Waals surface area (Å²) in [5, 5.41) is 0.299. The van der Waals surface area contributed by atoms with E-state index in [1.807, 2.05) is 0 Å². The van der Waals surface area contributed by atoms with Crippen LogP contribution in [0.1, 0.15) is 5.56 Å². The first-order chi connectivity index (χ1) is 8.45. The average molecular weight is 257 g/mol. The molecule has 6 heteroatoms. The van der Waals surface area contributed by atoms with Gasteiger partial charge in [-0.1, -0.05) is 0 Å². The van der Waals surface area contributed by atoms with Crippen molar-refractivity contribution in [1.82, 2.24) is 4.98 Å². The zero-order chi connectivity index (χ0) is 13.3. The molecule has 1 aromatic carbocycles. The van der Waals surface area contributed by atoms with Gasteiger partial charge in [0.05, 0.1) is 25.3 Å². The molecule has 0 aliphatic rings. The standard InChI is InChI=1S/C12H10F3NO2/c1-17-8-4-10-9(11(5-8)18-2)3-7(6-16-10)12(13,14)15/h3-6H,1-2H3. The van der Waals surface area contributed by atoms with E-state index in [1.165, 1.54) is 20.3 Å². The van der Waals surface area contributed by atoms with Gasteiger partial charge in [0.1, 0.15) is 11.5 Å². The van der Waals surface area contributed by atoms with Crippen LogP contribution < -0.4 is 9.47 Å². The SMILES string of the molecule is COc1cc(OC)c2cc(C(F)(F)F)cnc2c1. The van der Waals surface area contributed by atoms with E-state index in [0.29, 0.717) is 22.4 Å². The van der Waals surface area contributed by atoms with Gasteiger partial charge in [0, 0.05) is 23.7 Å². The van der Waals surface area contributed by atoms with Crippen LogP contribution in [0.25, 0.3) is 10.9 Å². The van der Waals surface area contributed by atoms with Crippen LogP contribution in [0.5, 0.6) is 11.5 Å². The van der Waals surface area contributed by atoms with Crippen LogP contribution in [0.2, 0.25) is 0 Å². The van der Waals surface area contributed by atoms with Gasteiger partial charge in [-0.2, -0.15) is 13.2 Å². The molecular weight excluding hydrogens is 247 g/mol. The summed E-state index contributed by atoms with van der Waals surface area (Å²) in [4.78, 5) is 3.78. The normalized spacial score (nSPS) is 11.6. The van der Waals surface area contributed by atoms with Gasteiger partial charge < -0.3 is 9.47 Å². The van der Waals surface area contributed by atoms with Gasteiger partial charge in [-0.25, -0.2) is 0 Å². The molecule has 2 rings (SSSR count). The topological polar surface area (TPSA) is 31.4 Å². The van der Waals surface area contributed by atoms with Gasteiger partial charge in [0.15, 0.2) is 0 Å². The molecule has 1 aromatic heterocycles. The van der Waals surface area contributed by atoms with Crippen molar-refractivity contribution in [3.8, 4) is 11.5 Å². The number of alkyl halides is 3. The maximum absolute atomic E-state index is 12.6. The molecule has 0 saturated heterocycles. The van der Waals surface area contributed by atoms with E-state index in [9.17, 15) is 13.2 Å². The molecule has 3 nitrogen and oxygen atoms in total. The summed E-state index contributed by atoms with van der Waals surface area (Å²) in [6.07, 6.45) is -3.63. The average Bonchev–Trinajstić information content (AvgIpc) is 2.35. The smallest absolute Gasteiger partial charge is 0.417 e. The van der Waals surface area contributed by atoms with Gasteiger partial charge in [-0.15, -0.1) is 0 Å². The Kier molecular flexibility index (Phi) is 3.02. The summed E-state index contributed by atoms with van der Waals surface area (Å²) in [5.41, 5.74) is -0.419. The largest absolute Gasteiger partial charge is 0.497 e. The number of aromatic nitrogens is 1. The minimum absolute atomic E-state index is 0.294. The highest BCUT2D eigenvalue weighted by Crippen LogP contribution is 2.35. The highest BCUT2D eigenvalue weighted by Gasteiger charge is 2.31. The van der Waals surface area contributed by atoms with E-state index >= 15 is 0 Å². The lowest BCUT2D eigenvalue weighted by molar-refractivity contribution is -0.137. The Hall–Kier alpha value is -1.98. The lowest BCUT2D eigenvalue weighted by Gasteiger charge is -2.11. The number of fused-ring (bicyclic) bond motifs is 1. The van der Waals surface area contributed by atoms with Crippen molar-refractivity contribution in [3.05, 3.63) is 30.0 Å². The number of nitrogens with zero attached hydrogens (tertiary/aromatic N) is 1. The van der Waals surface area contributed by atoms with Crippen LogP contribution in [0.15, 0.2) is 24.4 Å². The fraction of sp³-hybridized carbons (Fsp3) is 0.250.